The lowest BCUT2D eigenvalue weighted by Gasteiger charge is -2.36. The highest BCUT2D eigenvalue weighted by Crippen LogP contribution is 2.32. The van der Waals surface area contributed by atoms with Gasteiger partial charge in [-0.05, 0) is 26.0 Å². The van der Waals surface area contributed by atoms with E-state index in [1.165, 1.54) is 21.7 Å². The second kappa shape index (κ2) is 5.75. The molecule has 1 saturated heterocycles. The molecule has 25 heavy (non-hydrogen) atoms. The predicted octanol–water partition coefficient (Wildman–Crippen LogP) is 2.49. The van der Waals surface area contributed by atoms with Crippen LogP contribution < -0.4 is 4.74 Å². The Morgan fingerprint density at radius 1 is 1.36 bits per heavy atom. The molecule has 1 aliphatic heterocycles. The van der Waals surface area contributed by atoms with Crippen LogP contribution in [0.3, 0.4) is 0 Å². The third kappa shape index (κ3) is 2.70. The predicted molar refractivity (Wildman–Crippen MR) is 88.7 cm³/mol. The molecule has 0 saturated carbocycles. The highest BCUT2D eigenvalue weighted by Gasteiger charge is 2.41. The molecule has 1 aromatic carbocycles. The fourth-order valence-electron chi connectivity index (χ4n) is 2.73. The zero-order chi connectivity index (χ0) is 17.8. The van der Waals surface area contributed by atoms with Crippen LogP contribution in [0.4, 0.5) is 4.39 Å². The molecule has 0 aliphatic carbocycles. The van der Waals surface area contributed by atoms with Crippen molar-refractivity contribution in [3.05, 3.63) is 35.5 Å². The van der Waals surface area contributed by atoms with Crippen molar-refractivity contribution in [3.8, 4) is 5.19 Å². The lowest BCUT2D eigenvalue weighted by atomic mass is 10.2. The summed E-state index contributed by atoms with van der Waals surface area (Å²) in [4.78, 5) is 4.23. The van der Waals surface area contributed by atoms with Crippen molar-refractivity contribution in [2.24, 2.45) is 0 Å². The molecule has 0 unspecified atom stereocenters. The average molecular weight is 383 g/mol. The van der Waals surface area contributed by atoms with E-state index in [-0.39, 0.29) is 35.4 Å². The van der Waals surface area contributed by atoms with Gasteiger partial charge in [-0.2, -0.15) is 9.29 Å². The number of ether oxygens (including phenoxy) is 1. The van der Waals surface area contributed by atoms with Gasteiger partial charge in [-0.25, -0.2) is 12.8 Å². The molecule has 1 fully saturated rings. The number of rotatable bonds is 4. The van der Waals surface area contributed by atoms with Crippen LogP contribution in [0.1, 0.15) is 11.5 Å². The number of fused-ring (bicyclic) bond motifs is 1. The van der Waals surface area contributed by atoms with E-state index in [4.69, 9.17) is 9.26 Å². The normalized spacial score (nSPS) is 16.3. The molecule has 0 amide bonds. The van der Waals surface area contributed by atoms with Crippen molar-refractivity contribution in [1.82, 2.24) is 14.4 Å². The van der Waals surface area contributed by atoms with Crippen LogP contribution in [0.5, 0.6) is 5.19 Å². The maximum Gasteiger partial charge on any atom is 0.274 e. The Balaban J connectivity index is 1.47. The van der Waals surface area contributed by atoms with Gasteiger partial charge in [0.05, 0.1) is 17.8 Å². The van der Waals surface area contributed by atoms with Gasteiger partial charge in [-0.3, -0.25) is 0 Å². The minimum Gasteiger partial charge on any atom is -0.464 e. The summed E-state index contributed by atoms with van der Waals surface area (Å²) in [6.45, 7) is 3.55. The molecule has 3 aromatic rings. The standard InChI is InChI=1S/C15H14FN3O4S2/c1-8-14(9(2)23-18-8)25(20,21)19-6-10(7-19)22-15-17-13-11(16)4-3-5-12(13)24-15/h3-5,10H,6-7H2,1-2H3. The molecule has 3 heterocycles. The number of thiazole rings is 1. The molecule has 0 N–H and O–H groups in total. The Morgan fingerprint density at radius 2 is 2.12 bits per heavy atom. The summed E-state index contributed by atoms with van der Waals surface area (Å²) in [7, 11) is -3.66. The first-order valence-electron chi connectivity index (χ1n) is 7.51. The summed E-state index contributed by atoms with van der Waals surface area (Å²) < 4.78 is 51.5. The van der Waals surface area contributed by atoms with E-state index in [1.807, 2.05) is 0 Å². The Labute approximate surface area is 147 Å². The molecular formula is C15H14FN3O4S2. The van der Waals surface area contributed by atoms with E-state index in [9.17, 15) is 12.8 Å². The van der Waals surface area contributed by atoms with Crippen molar-refractivity contribution in [3.63, 3.8) is 0 Å². The number of aromatic nitrogens is 2. The zero-order valence-corrected chi connectivity index (χ0v) is 15.0. The molecule has 2 aromatic heterocycles. The van der Waals surface area contributed by atoms with Gasteiger partial charge in [0, 0.05) is 0 Å². The fraction of sp³-hybridized carbons (Fsp3) is 0.333. The van der Waals surface area contributed by atoms with Gasteiger partial charge in [-0.1, -0.05) is 22.6 Å². The van der Waals surface area contributed by atoms with Gasteiger partial charge < -0.3 is 9.26 Å². The fourth-order valence-corrected chi connectivity index (χ4v) is 5.42. The summed E-state index contributed by atoms with van der Waals surface area (Å²) in [6, 6.07) is 4.71. The minimum absolute atomic E-state index is 0.105. The van der Waals surface area contributed by atoms with Gasteiger partial charge in [0.2, 0.25) is 10.0 Å². The van der Waals surface area contributed by atoms with Crippen molar-refractivity contribution < 1.29 is 22.1 Å². The topological polar surface area (TPSA) is 85.5 Å². The number of halogens is 1. The summed E-state index contributed by atoms with van der Waals surface area (Å²) >= 11 is 1.23. The van der Waals surface area contributed by atoms with Crippen molar-refractivity contribution in [2.45, 2.75) is 24.8 Å². The Morgan fingerprint density at radius 3 is 2.76 bits per heavy atom. The van der Waals surface area contributed by atoms with Crippen molar-refractivity contribution >= 4 is 31.6 Å². The van der Waals surface area contributed by atoms with Gasteiger partial charge >= 0.3 is 0 Å². The van der Waals surface area contributed by atoms with E-state index in [2.05, 4.69) is 10.1 Å². The van der Waals surface area contributed by atoms with Crippen LogP contribution in [0.25, 0.3) is 10.2 Å². The van der Waals surface area contributed by atoms with Gasteiger partial charge in [0.1, 0.15) is 28.0 Å². The van der Waals surface area contributed by atoms with E-state index in [0.717, 1.165) is 0 Å². The molecule has 10 heteroatoms. The lowest BCUT2D eigenvalue weighted by molar-refractivity contribution is 0.0760. The van der Waals surface area contributed by atoms with Gasteiger partial charge in [0.15, 0.2) is 5.76 Å². The summed E-state index contributed by atoms with van der Waals surface area (Å²) in [5.74, 6) is -0.136. The smallest absolute Gasteiger partial charge is 0.274 e. The molecule has 1 aliphatic rings. The van der Waals surface area contributed by atoms with Gasteiger partial charge in [0.25, 0.3) is 5.19 Å². The first-order valence-corrected chi connectivity index (χ1v) is 9.76. The molecule has 0 bridgehead atoms. The third-order valence-electron chi connectivity index (χ3n) is 4.00. The molecule has 0 atom stereocenters. The highest BCUT2D eigenvalue weighted by atomic mass is 32.2. The van der Waals surface area contributed by atoms with Crippen LogP contribution in [0.2, 0.25) is 0 Å². The maximum absolute atomic E-state index is 13.7. The van der Waals surface area contributed by atoms with E-state index >= 15 is 0 Å². The van der Waals surface area contributed by atoms with Crippen molar-refractivity contribution in [1.29, 1.82) is 0 Å². The number of hydrogen-bond acceptors (Lipinski definition) is 7. The Kier molecular flexibility index (Phi) is 3.78. The zero-order valence-electron chi connectivity index (χ0n) is 13.4. The number of hydrogen-bond donors (Lipinski definition) is 0. The quantitative estimate of drug-likeness (QED) is 0.688. The van der Waals surface area contributed by atoms with Crippen LogP contribution in [-0.2, 0) is 10.0 Å². The first kappa shape index (κ1) is 16.4. The Bertz CT molecular complexity index is 1030. The van der Waals surface area contributed by atoms with Gasteiger partial charge in [-0.15, -0.1) is 0 Å². The molecule has 0 radical (unpaired) electrons. The second-order valence-electron chi connectivity index (χ2n) is 5.78. The number of sulfonamides is 1. The van der Waals surface area contributed by atoms with E-state index in [0.29, 0.717) is 15.6 Å². The number of aryl methyl sites for hydroxylation is 2. The summed E-state index contributed by atoms with van der Waals surface area (Å²) in [5, 5.41) is 4.02. The van der Waals surface area contributed by atoms with E-state index in [1.54, 1.807) is 26.0 Å². The second-order valence-corrected chi connectivity index (χ2v) is 8.65. The van der Waals surface area contributed by atoms with Crippen LogP contribution >= 0.6 is 11.3 Å². The third-order valence-corrected chi connectivity index (χ3v) is 6.99. The molecule has 4 rings (SSSR count). The largest absolute Gasteiger partial charge is 0.464 e. The van der Waals surface area contributed by atoms with Crippen LogP contribution in [0.15, 0.2) is 27.6 Å². The average Bonchev–Trinajstić information content (AvgIpc) is 3.06. The Hall–Kier alpha value is -2.04. The summed E-state index contributed by atoms with van der Waals surface area (Å²) in [5.41, 5.74) is 0.602. The first-order chi connectivity index (χ1) is 11.9. The van der Waals surface area contributed by atoms with Crippen LogP contribution in [0, 0.1) is 19.7 Å². The maximum atomic E-state index is 13.7. The SMILES string of the molecule is Cc1noc(C)c1S(=O)(=O)N1CC(Oc2nc3c(F)cccc3s2)C1. The number of nitrogens with zero attached hydrogens (tertiary/aromatic N) is 3. The lowest BCUT2D eigenvalue weighted by Crippen LogP contribution is -2.56. The monoisotopic (exact) mass is 383 g/mol. The summed E-state index contributed by atoms with van der Waals surface area (Å²) in [6.07, 6.45) is -0.320. The minimum atomic E-state index is -3.66. The van der Waals surface area contributed by atoms with E-state index < -0.39 is 15.8 Å². The molecule has 0 spiro atoms. The van der Waals surface area contributed by atoms with Crippen molar-refractivity contribution in [2.75, 3.05) is 13.1 Å². The molecular weight excluding hydrogens is 369 g/mol. The molecule has 132 valence electrons. The number of benzene rings is 1. The highest BCUT2D eigenvalue weighted by molar-refractivity contribution is 7.89. The number of para-hydroxylation sites is 1. The van der Waals surface area contributed by atoms with Crippen LogP contribution in [-0.4, -0.2) is 42.1 Å². The molecule has 7 nitrogen and oxygen atoms in total.